The van der Waals surface area contributed by atoms with Gasteiger partial charge in [0, 0.05) is 18.1 Å². The molecule has 1 saturated carbocycles. The van der Waals surface area contributed by atoms with E-state index in [0.717, 1.165) is 32.2 Å². The van der Waals surface area contributed by atoms with Crippen molar-refractivity contribution in [1.29, 1.82) is 0 Å². The summed E-state index contributed by atoms with van der Waals surface area (Å²) < 4.78 is 5.66. The third-order valence-electron chi connectivity index (χ3n) is 4.52. The smallest absolute Gasteiger partial charge is 0.410 e. The Hall–Kier alpha value is -1.55. The van der Waals surface area contributed by atoms with Crippen LogP contribution in [0.5, 0.6) is 0 Å². The number of carbonyl (C=O) groups excluding carboxylic acids is 1. The highest BCUT2D eigenvalue weighted by atomic mass is 16.6. The molecule has 0 spiro atoms. The van der Waals surface area contributed by atoms with Gasteiger partial charge in [0.25, 0.3) is 0 Å². The number of ether oxygens (including phenoxy) is 1. The Bertz CT molecular complexity index is 534. The second-order valence-corrected chi connectivity index (χ2v) is 7.71. The Morgan fingerprint density at radius 2 is 1.83 bits per heavy atom. The van der Waals surface area contributed by atoms with Gasteiger partial charge in [-0.1, -0.05) is 30.3 Å². The first-order valence-corrected chi connectivity index (χ1v) is 8.74. The number of rotatable bonds is 3. The van der Waals surface area contributed by atoms with Crippen LogP contribution in [-0.2, 0) is 4.74 Å². The molecule has 1 saturated heterocycles. The Labute approximate surface area is 139 Å². The number of hydrogen-bond acceptors (Lipinski definition) is 3. The van der Waals surface area contributed by atoms with Gasteiger partial charge >= 0.3 is 6.09 Å². The summed E-state index contributed by atoms with van der Waals surface area (Å²) in [5, 5.41) is 3.59. The van der Waals surface area contributed by atoms with Gasteiger partial charge in [-0.15, -0.1) is 0 Å². The number of piperidine rings is 1. The van der Waals surface area contributed by atoms with E-state index >= 15 is 0 Å². The minimum atomic E-state index is -0.435. The Balaban J connectivity index is 1.71. The highest BCUT2D eigenvalue weighted by molar-refractivity contribution is 5.69. The van der Waals surface area contributed by atoms with E-state index in [1.54, 1.807) is 0 Å². The minimum Gasteiger partial charge on any atom is -0.444 e. The monoisotopic (exact) mass is 316 g/mol. The van der Waals surface area contributed by atoms with Crippen molar-refractivity contribution in [3.05, 3.63) is 35.9 Å². The summed E-state index contributed by atoms with van der Waals surface area (Å²) in [6.45, 7) is 6.75. The molecule has 1 heterocycles. The number of carbonyl (C=O) groups is 1. The predicted octanol–water partition coefficient (Wildman–Crippen LogP) is 3.88. The molecule has 1 N–H and O–H groups in total. The Kier molecular flexibility index (Phi) is 4.62. The second-order valence-electron chi connectivity index (χ2n) is 7.71. The van der Waals surface area contributed by atoms with Crippen molar-refractivity contribution < 1.29 is 9.53 Å². The van der Waals surface area contributed by atoms with Crippen LogP contribution in [-0.4, -0.2) is 35.2 Å². The normalized spacial score (nSPS) is 25.0. The van der Waals surface area contributed by atoms with Gasteiger partial charge in [-0.3, -0.25) is 0 Å². The van der Waals surface area contributed by atoms with Crippen LogP contribution in [0.4, 0.5) is 4.79 Å². The van der Waals surface area contributed by atoms with E-state index in [1.807, 2.05) is 31.7 Å². The maximum absolute atomic E-state index is 12.7. The summed E-state index contributed by atoms with van der Waals surface area (Å²) in [4.78, 5) is 14.7. The van der Waals surface area contributed by atoms with E-state index in [4.69, 9.17) is 4.74 Å². The molecule has 0 aromatic heterocycles. The van der Waals surface area contributed by atoms with Gasteiger partial charge in [0.05, 0.1) is 0 Å². The molecular weight excluding hydrogens is 288 g/mol. The van der Waals surface area contributed by atoms with Crippen molar-refractivity contribution in [2.75, 3.05) is 6.54 Å². The molecule has 1 aromatic rings. The average molecular weight is 316 g/mol. The molecule has 2 atom stereocenters. The van der Waals surface area contributed by atoms with Crippen LogP contribution in [0.15, 0.2) is 30.3 Å². The fraction of sp³-hybridized carbons (Fsp3) is 0.632. The zero-order chi connectivity index (χ0) is 16.4. The third kappa shape index (κ3) is 4.25. The summed E-state index contributed by atoms with van der Waals surface area (Å²) in [7, 11) is 0. The highest BCUT2D eigenvalue weighted by Crippen LogP contribution is 2.35. The molecule has 2 aliphatic rings. The molecule has 1 aliphatic heterocycles. The molecule has 4 heteroatoms. The molecule has 1 amide bonds. The van der Waals surface area contributed by atoms with E-state index < -0.39 is 5.60 Å². The van der Waals surface area contributed by atoms with Crippen molar-refractivity contribution in [2.24, 2.45) is 0 Å². The van der Waals surface area contributed by atoms with Crippen LogP contribution in [0.3, 0.4) is 0 Å². The first kappa shape index (κ1) is 16.3. The topological polar surface area (TPSA) is 41.6 Å². The highest BCUT2D eigenvalue weighted by Gasteiger charge is 2.41. The van der Waals surface area contributed by atoms with Crippen LogP contribution >= 0.6 is 0 Å². The van der Waals surface area contributed by atoms with Crippen LogP contribution in [0.2, 0.25) is 0 Å². The van der Waals surface area contributed by atoms with Crippen molar-refractivity contribution in [3.8, 4) is 0 Å². The van der Waals surface area contributed by atoms with Gasteiger partial charge in [0.2, 0.25) is 0 Å². The largest absolute Gasteiger partial charge is 0.444 e. The van der Waals surface area contributed by atoms with Gasteiger partial charge in [-0.2, -0.15) is 0 Å². The van der Waals surface area contributed by atoms with E-state index in [0.29, 0.717) is 12.1 Å². The average Bonchev–Trinajstić information content (AvgIpc) is 3.32. The molecule has 1 aliphatic carbocycles. The SMILES string of the molecule is CC(C)(C)OC(=O)N(C1CC1)C1CCNC(c2ccccc2)C1. The number of hydrogen-bond donors (Lipinski definition) is 1. The van der Waals surface area contributed by atoms with Crippen molar-refractivity contribution in [3.63, 3.8) is 0 Å². The number of nitrogens with one attached hydrogen (secondary N) is 1. The Morgan fingerprint density at radius 1 is 1.13 bits per heavy atom. The lowest BCUT2D eigenvalue weighted by Gasteiger charge is -2.39. The van der Waals surface area contributed by atoms with Crippen molar-refractivity contribution in [2.45, 2.75) is 70.2 Å². The number of benzene rings is 1. The van der Waals surface area contributed by atoms with Gasteiger partial charge in [0.1, 0.15) is 5.60 Å². The third-order valence-corrected chi connectivity index (χ3v) is 4.52. The zero-order valence-corrected chi connectivity index (χ0v) is 14.4. The second kappa shape index (κ2) is 6.52. The fourth-order valence-electron chi connectivity index (χ4n) is 3.35. The predicted molar refractivity (Wildman–Crippen MR) is 91.3 cm³/mol. The zero-order valence-electron chi connectivity index (χ0n) is 14.4. The summed E-state index contributed by atoms with van der Waals surface area (Å²) >= 11 is 0. The molecule has 0 radical (unpaired) electrons. The van der Waals surface area contributed by atoms with Gasteiger partial charge in [0.15, 0.2) is 0 Å². The Morgan fingerprint density at radius 3 is 2.43 bits per heavy atom. The summed E-state index contributed by atoms with van der Waals surface area (Å²) in [6, 6.07) is 11.5. The maximum Gasteiger partial charge on any atom is 0.410 e. The van der Waals surface area contributed by atoms with Gasteiger partial charge < -0.3 is 15.0 Å². The first-order chi connectivity index (χ1) is 10.9. The molecule has 2 unspecified atom stereocenters. The summed E-state index contributed by atoms with van der Waals surface area (Å²) in [5.74, 6) is 0. The van der Waals surface area contributed by atoms with E-state index in [-0.39, 0.29) is 12.1 Å². The molecular formula is C19H28N2O2. The van der Waals surface area contributed by atoms with Crippen LogP contribution in [0.1, 0.15) is 58.1 Å². The van der Waals surface area contributed by atoms with Gasteiger partial charge in [-0.25, -0.2) is 4.79 Å². The van der Waals surface area contributed by atoms with Crippen LogP contribution in [0.25, 0.3) is 0 Å². The van der Waals surface area contributed by atoms with E-state index in [2.05, 4.69) is 29.6 Å². The lowest BCUT2D eigenvalue weighted by molar-refractivity contribution is 0.00877. The standard InChI is InChI=1S/C19H28N2O2/c1-19(2,3)23-18(22)21(15-9-10-15)16-11-12-20-17(13-16)14-7-5-4-6-8-14/h4-8,15-17,20H,9-13H2,1-3H3. The number of nitrogens with zero attached hydrogens (tertiary/aromatic N) is 1. The lowest BCUT2D eigenvalue weighted by Crippen LogP contribution is -2.49. The van der Waals surface area contributed by atoms with Crippen molar-refractivity contribution >= 4 is 6.09 Å². The van der Waals surface area contributed by atoms with Crippen molar-refractivity contribution in [1.82, 2.24) is 10.2 Å². The molecule has 4 nitrogen and oxygen atoms in total. The van der Waals surface area contributed by atoms with Crippen LogP contribution in [0, 0.1) is 0 Å². The molecule has 1 aromatic carbocycles. The quantitative estimate of drug-likeness (QED) is 0.920. The summed E-state index contributed by atoms with van der Waals surface area (Å²) in [6.07, 6.45) is 4.04. The molecule has 0 bridgehead atoms. The molecule has 2 fully saturated rings. The van der Waals surface area contributed by atoms with Gasteiger partial charge in [-0.05, 0) is 58.6 Å². The molecule has 126 valence electrons. The fourth-order valence-corrected chi connectivity index (χ4v) is 3.35. The first-order valence-electron chi connectivity index (χ1n) is 8.74. The molecule has 23 heavy (non-hydrogen) atoms. The summed E-state index contributed by atoms with van der Waals surface area (Å²) in [5.41, 5.74) is 0.868. The lowest BCUT2D eigenvalue weighted by atomic mass is 9.93. The number of amides is 1. The van der Waals surface area contributed by atoms with E-state index in [9.17, 15) is 4.79 Å². The van der Waals surface area contributed by atoms with E-state index in [1.165, 1.54) is 5.56 Å². The minimum absolute atomic E-state index is 0.140. The maximum atomic E-state index is 12.7. The van der Waals surface area contributed by atoms with Crippen LogP contribution < -0.4 is 5.32 Å². The molecule has 3 rings (SSSR count).